The minimum Gasteiger partial charge on any atom is -0.308 e. The Bertz CT molecular complexity index is 1440. The maximum Gasteiger partial charge on any atom is 0.174 e. The molecule has 0 spiro atoms. The second-order valence-electron chi connectivity index (χ2n) is 9.11. The summed E-state index contributed by atoms with van der Waals surface area (Å²) >= 11 is 17.7. The molecule has 36 heavy (non-hydrogen) atoms. The minimum absolute atomic E-state index is 0.0195. The van der Waals surface area contributed by atoms with Crippen LogP contribution in [0.15, 0.2) is 105 Å². The Kier molecular flexibility index (Phi) is 6.61. The molecule has 0 aliphatic carbocycles. The van der Waals surface area contributed by atoms with Crippen LogP contribution in [-0.2, 0) is 0 Å². The SMILES string of the molecule is CN1CC2=C(N=C3SC=C(c4ccc(Br)cc4)N3C2c2ccc(Cl)cc2)/C(=C/c2ccc(Cl)cc2)C1. The van der Waals surface area contributed by atoms with Crippen molar-refractivity contribution in [1.82, 2.24) is 9.80 Å². The number of fused-ring (bicyclic) bond motifs is 1. The third kappa shape index (κ3) is 4.59. The zero-order chi connectivity index (χ0) is 24.8. The molecule has 6 rings (SSSR count). The van der Waals surface area contributed by atoms with Gasteiger partial charge >= 0.3 is 0 Å². The third-order valence-corrected chi connectivity index (χ3v) is 8.44. The monoisotopic (exact) mass is 593 g/mol. The fourth-order valence-electron chi connectivity index (χ4n) is 4.96. The fourth-order valence-corrected chi connectivity index (χ4v) is 6.40. The van der Waals surface area contributed by atoms with Crippen LogP contribution in [-0.4, -0.2) is 35.1 Å². The number of amidine groups is 1. The molecule has 0 radical (unpaired) electrons. The van der Waals surface area contributed by atoms with E-state index in [2.05, 4.69) is 92.8 Å². The van der Waals surface area contributed by atoms with Gasteiger partial charge in [0.1, 0.15) is 0 Å². The summed E-state index contributed by atoms with van der Waals surface area (Å²) < 4.78 is 1.06. The molecule has 3 heterocycles. The zero-order valence-corrected chi connectivity index (χ0v) is 23.4. The maximum absolute atomic E-state index is 6.29. The number of hydrogen-bond acceptors (Lipinski definition) is 4. The zero-order valence-electron chi connectivity index (χ0n) is 19.5. The van der Waals surface area contributed by atoms with Gasteiger partial charge in [-0.2, -0.15) is 0 Å². The summed E-state index contributed by atoms with van der Waals surface area (Å²) in [7, 11) is 2.17. The molecule has 0 N–H and O–H groups in total. The predicted octanol–water partition coefficient (Wildman–Crippen LogP) is 8.50. The topological polar surface area (TPSA) is 18.8 Å². The highest BCUT2D eigenvalue weighted by molar-refractivity contribution is 9.10. The average molecular weight is 595 g/mol. The molecular formula is C29H22BrCl2N3S. The van der Waals surface area contributed by atoms with Crippen molar-refractivity contribution in [3.05, 3.63) is 126 Å². The van der Waals surface area contributed by atoms with Crippen LogP contribution in [0.2, 0.25) is 10.0 Å². The fraction of sp³-hybridized carbons (Fsp3) is 0.138. The van der Waals surface area contributed by atoms with Crippen molar-refractivity contribution in [2.45, 2.75) is 6.04 Å². The molecule has 0 fully saturated rings. The molecule has 0 saturated carbocycles. The molecule has 1 unspecified atom stereocenters. The second-order valence-corrected chi connectivity index (χ2v) is 11.7. The standard InChI is InChI=1S/C29H22BrCl2N3S/c1-34-15-21(14-18-2-10-23(31)11-3-18)27-25(16-34)28(20-6-12-24(32)13-7-20)35-26(17-36-29(35)33-27)19-4-8-22(30)9-5-19/h2-14,17,28H,15-16H2,1H3/b21-14+. The van der Waals surface area contributed by atoms with Crippen molar-refractivity contribution >= 4 is 67.8 Å². The van der Waals surface area contributed by atoms with E-state index in [0.717, 1.165) is 49.7 Å². The number of halogens is 3. The summed E-state index contributed by atoms with van der Waals surface area (Å²) in [6.07, 6.45) is 2.24. The lowest BCUT2D eigenvalue weighted by Crippen LogP contribution is -2.40. The molecule has 0 saturated heterocycles. The Balaban J connectivity index is 1.50. The van der Waals surface area contributed by atoms with Gasteiger partial charge in [-0.15, -0.1) is 0 Å². The van der Waals surface area contributed by atoms with Crippen LogP contribution < -0.4 is 0 Å². The number of thioether (sulfide) groups is 1. The summed E-state index contributed by atoms with van der Waals surface area (Å²) in [6.45, 7) is 1.68. The number of likely N-dealkylation sites (N-methyl/N-ethyl adjacent to an activating group) is 1. The Morgan fingerprint density at radius 3 is 2.28 bits per heavy atom. The Morgan fingerprint density at radius 1 is 0.917 bits per heavy atom. The first-order chi connectivity index (χ1) is 17.5. The van der Waals surface area contributed by atoms with Gasteiger partial charge < -0.3 is 4.90 Å². The van der Waals surface area contributed by atoms with Crippen molar-refractivity contribution < 1.29 is 0 Å². The van der Waals surface area contributed by atoms with E-state index >= 15 is 0 Å². The van der Waals surface area contributed by atoms with Gasteiger partial charge in [-0.05, 0) is 77.4 Å². The smallest absolute Gasteiger partial charge is 0.174 e. The number of benzene rings is 3. The normalized spacial score (nSPS) is 20.8. The van der Waals surface area contributed by atoms with Crippen LogP contribution in [0.5, 0.6) is 0 Å². The molecule has 180 valence electrons. The van der Waals surface area contributed by atoms with E-state index in [9.17, 15) is 0 Å². The summed E-state index contributed by atoms with van der Waals surface area (Å²) in [4.78, 5) is 10.0. The Morgan fingerprint density at radius 2 is 1.58 bits per heavy atom. The highest BCUT2D eigenvalue weighted by Crippen LogP contribution is 2.49. The molecule has 0 bridgehead atoms. The van der Waals surface area contributed by atoms with E-state index in [4.69, 9.17) is 28.2 Å². The first kappa shape index (κ1) is 24.1. The molecule has 1 atom stereocenters. The van der Waals surface area contributed by atoms with Crippen molar-refractivity contribution in [2.24, 2.45) is 4.99 Å². The molecular weight excluding hydrogens is 573 g/mol. The summed E-state index contributed by atoms with van der Waals surface area (Å²) in [5.41, 5.74) is 8.24. The van der Waals surface area contributed by atoms with Crippen LogP contribution in [0, 0.1) is 0 Å². The first-order valence-electron chi connectivity index (χ1n) is 11.6. The number of hydrogen-bond donors (Lipinski definition) is 0. The lowest BCUT2D eigenvalue weighted by molar-refractivity contribution is 0.344. The minimum atomic E-state index is 0.0195. The van der Waals surface area contributed by atoms with Crippen molar-refractivity contribution in [1.29, 1.82) is 0 Å². The van der Waals surface area contributed by atoms with Gasteiger partial charge in [0.15, 0.2) is 5.17 Å². The van der Waals surface area contributed by atoms with Gasteiger partial charge in [0.25, 0.3) is 0 Å². The predicted molar refractivity (Wildman–Crippen MR) is 157 cm³/mol. The quantitative estimate of drug-likeness (QED) is 0.303. The van der Waals surface area contributed by atoms with Gasteiger partial charge in [-0.25, -0.2) is 4.99 Å². The first-order valence-corrected chi connectivity index (χ1v) is 14.0. The van der Waals surface area contributed by atoms with E-state index in [-0.39, 0.29) is 6.04 Å². The van der Waals surface area contributed by atoms with Gasteiger partial charge in [-0.1, -0.05) is 87.3 Å². The molecule has 7 heteroatoms. The van der Waals surface area contributed by atoms with Crippen molar-refractivity contribution in [3.8, 4) is 0 Å². The molecule has 3 aliphatic heterocycles. The summed E-state index contributed by atoms with van der Waals surface area (Å²) in [5.74, 6) is 0. The van der Waals surface area contributed by atoms with Gasteiger partial charge in [0.05, 0.1) is 17.4 Å². The lowest BCUT2D eigenvalue weighted by atomic mass is 9.88. The molecule has 0 aromatic heterocycles. The molecule has 3 aliphatic rings. The molecule has 3 aromatic rings. The van der Waals surface area contributed by atoms with Crippen molar-refractivity contribution in [3.63, 3.8) is 0 Å². The van der Waals surface area contributed by atoms with Crippen LogP contribution in [0.1, 0.15) is 22.7 Å². The third-order valence-electron chi connectivity index (χ3n) is 6.56. The van der Waals surface area contributed by atoms with E-state index < -0.39 is 0 Å². The molecule has 3 nitrogen and oxygen atoms in total. The van der Waals surface area contributed by atoms with E-state index in [1.54, 1.807) is 11.8 Å². The van der Waals surface area contributed by atoms with Gasteiger partial charge in [-0.3, -0.25) is 4.90 Å². The Hall–Kier alpha value is -2.28. The van der Waals surface area contributed by atoms with E-state index in [1.165, 1.54) is 22.3 Å². The average Bonchev–Trinajstić information content (AvgIpc) is 3.29. The second kappa shape index (κ2) is 9.88. The Labute approximate surface area is 233 Å². The summed E-state index contributed by atoms with van der Waals surface area (Å²) in [6, 6.07) is 24.7. The van der Waals surface area contributed by atoms with Crippen LogP contribution >= 0.6 is 50.9 Å². The van der Waals surface area contributed by atoms with Crippen LogP contribution in [0.3, 0.4) is 0 Å². The lowest BCUT2D eigenvalue weighted by Gasteiger charge is -2.42. The number of rotatable bonds is 3. The number of nitrogens with zero attached hydrogens (tertiary/aromatic N) is 3. The molecule has 3 aromatic carbocycles. The van der Waals surface area contributed by atoms with Crippen molar-refractivity contribution in [2.75, 3.05) is 20.1 Å². The highest BCUT2D eigenvalue weighted by atomic mass is 79.9. The van der Waals surface area contributed by atoms with Crippen LogP contribution in [0.25, 0.3) is 11.8 Å². The van der Waals surface area contributed by atoms with Crippen LogP contribution in [0.4, 0.5) is 0 Å². The van der Waals surface area contributed by atoms with Gasteiger partial charge in [0, 0.05) is 33.0 Å². The summed E-state index contributed by atoms with van der Waals surface area (Å²) in [5, 5.41) is 4.69. The van der Waals surface area contributed by atoms with Gasteiger partial charge in [0.2, 0.25) is 0 Å². The number of aliphatic imine (C=N–C) groups is 1. The largest absolute Gasteiger partial charge is 0.308 e. The van der Waals surface area contributed by atoms with E-state index in [0.29, 0.717) is 0 Å². The highest BCUT2D eigenvalue weighted by Gasteiger charge is 2.41. The maximum atomic E-state index is 6.29. The molecule has 0 amide bonds. The van der Waals surface area contributed by atoms with E-state index in [1.807, 2.05) is 24.3 Å².